The van der Waals surface area contributed by atoms with Crippen LogP contribution in [-0.4, -0.2) is 44.7 Å². The van der Waals surface area contributed by atoms with Crippen molar-refractivity contribution in [3.8, 4) is 0 Å². The van der Waals surface area contributed by atoms with Gasteiger partial charge in [0.25, 0.3) is 0 Å². The lowest BCUT2D eigenvalue weighted by Crippen LogP contribution is -2.65. The fourth-order valence-corrected chi connectivity index (χ4v) is 9.60. The first-order valence-electron chi connectivity index (χ1n) is 12.8. The summed E-state index contributed by atoms with van der Waals surface area (Å²) in [5.41, 5.74) is -0.0767. The van der Waals surface area contributed by atoms with Gasteiger partial charge in [-0.15, -0.1) is 0 Å². The van der Waals surface area contributed by atoms with Gasteiger partial charge in [0.1, 0.15) is 0 Å². The molecule has 0 bridgehead atoms. The highest BCUT2D eigenvalue weighted by atomic mass is 16.4. The van der Waals surface area contributed by atoms with Crippen molar-refractivity contribution in [3.05, 3.63) is 0 Å². The number of carboxylic acids is 1. The van der Waals surface area contributed by atoms with E-state index in [9.17, 15) is 20.1 Å². The Balaban J connectivity index is 1.66. The largest absolute Gasteiger partial charge is 0.481 e. The minimum absolute atomic E-state index is 0.0302. The molecule has 5 nitrogen and oxygen atoms in total. The molecule has 31 heavy (non-hydrogen) atoms. The molecule has 4 rings (SSSR count). The molecule has 0 radical (unpaired) electrons. The van der Waals surface area contributed by atoms with Crippen LogP contribution in [0.5, 0.6) is 0 Å². The molecule has 4 fully saturated rings. The third-order valence-electron chi connectivity index (χ3n) is 10.9. The zero-order valence-electron chi connectivity index (χ0n) is 19.8. The molecule has 4 saturated carbocycles. The van der Waals surface area contributed by atoms with E-state index in [1.165, 1.54) is 0 Å². The van der Waals surface area contributed by atoms with Crippen LogP contribution >= 0.6 is 0 Å². The normalized spacial score (nSPS) is 52.7. The third-order valence-corrected chi connectivity index (χ3v) is 10.9. The van der Waals surface area contributed by atoms with E-state index >= 15 is 0 Å². The van der Waals surface area contributed by atoms with Crippen molar-refractivity contribution < 1.29 is 25.2 Å². The van der Waals surface area contributed by atoms with E-state index < -0.39 is 18.2 Å². The second kappa shape index (κ2) is 8.29. The van der Waals surface area contributed by atoms with Gasteiger partial charge >= 0.3 is 5.97 Å². The van der Waals surface area contributed by atoms with Crippen LogP contribution in [0.4, 0.5) is 0 Å². The highest BCUT2D eigenvalue weighted by molar-refractivity contribution is 5.66. The van der Waals surface area contributed by atoms with Crippen LogP contribution in [0.3, 0.4) is 0 Å². The Morgan fingerprint density at radius 2 is 1.77 bits per heavy atom. The Bertz CT molecular complexity index is 681. The zero-order valence-corrected chi connectivity index (χ0v) is 19.8. The van der Waals surface area contributed by atoms with Gasteiger partial charge < -0.3 is 20.4 Å². The van der Waals surface area contributed by atoms with E-state index in [0.717, 1.165) is 44.9 Å². The van der Waals surface area contributed by atoms with Crippen LogP contribution in [0.15, 0.2) is 0 Å². The van der Waals surface area contributed by atoms with Crippen LogP contribution < -0.4 is 0 Å². The number of rotatable bonds is 5. The number of aliphatic hydroxyl groups excluding tert-OH is 3. The predicted molar refractivity (Wildman–Crippen MR) is 119 cm³/mol. The van der Waals surface area contributed by atoms with Gasteiger partial charge in [0.05, 0.1) is 18.3 Å². The molecule has 0 aromatic heterocycles. The summed E-state index contributed by atoms with van der Waals surface area (Å²) in [5, 5.41) is 42.9. The van der Waals surface area contributed by atoms with E-state index in [0.29, 0.717) is 24.2 Å². The van der Waals surface area contributed by atoms with Crippen LogP contribution in [0, 0.1) is 52.3 Å². The molecule has 0 heterocycles. The van der Waals surface area contributed by atoms with E-state index in [1.807, 2.05) is 0 Å². The lowest BCUT2D eigenvalue weighted by molar-refractivity contribution is -0.235. The molecule has 5 heteroatoms. The van der Waals surface area contributed by atoms with Crippen molar-refractivity contribution in [3.63, 3.8) is 0 Å². The summed E-state index contributed by atoms with van der Waals surface area (Å²) in [6.07, 6.45) is 6.04. The average Bonchev–Trinajstić information content (AvgIpc) is 3.04. The molecular formula is C26H44O5. The van der Waals surface area contributed by atoms with Gasteiger partial charge in [-0.25, -0.2) is 0 Å². The summed E-state index contributed by atoms with van der Waals surface area (Å²) in [6.45, 7) is 9.01. The highest BCUT2D eigenvalue weighted by Gasteiger charge is 2.67. The second-order valence-electron chi connectivity index (χ2n) is 12.2. The molecule has 4 aliphatic rings. The van der Waals surface area contributed by atoms with Gasteiger partial charge in [-0.05, 0) is 97.2 Å². The van der Waals surface area contributed by atoms with Gasteiger partial charge in [-0.2, -0.15) is 0 Å². The molecule has 0 amide bonds. The maximum absolute atomic E-state index is 11.7. The van der Waals surface area contributed by atoms with Crippen molar-refractivity contribution in [1.29, 1.82) is 0 Å². The fourth-order valence-electron chi connectivity index (χ4n) is 9.60. The van der Waals surface area contributed by atoms with E-state index in [-0.39, 0.29) is 47.0 Å². The highest BCUT2D eigenvalue weighted by Crippen LogP contribution is 2.69. The lowest BCUT2D eigenvalue weighted by atomic mass is 9.40. The zero-order chi connectivity index (χ0) is 22.7. The van der Waals surface area contributed by atoms with Crippen molar-refractivity contribution in [2.45, 2.75) is 104 Å². The van der Waals surface area contributed by atoms with Crippen molar-refractivity contribution in [2.24, 2.45) is 52.3 Å². The number of aliphatic carboxylic acids is 1. The minimum atomic E-state index is -0.734. The number of fused-ring (bicyclic) bond motifs is 5. The third kappa shape index (κ3) is 3.58. The molecule has 4 N–H and O–H groups in total. The summed E-state index contributed by atoms with van der Waals surface area (Å²) < 4.78 is 0. The summed E-state index contributed by atoms with van der Waals surface area (Å²) in [7, 11) is 0. The maximum atomic E-state index is 11.7. The first-order chi connectivity index (χ1) is 14.5. The number of aliphatic hydroxyl groups is 3. The molecule has 4 aliphatic carbocycles. The van der Waals surface area contributed by atoms with E-state index in [2.05, 4.69) is 27.7 Å². The monoisotopic (exact) mass is 436 g/mol. The van der Waals surface area contributed by atoms with Crippen molar-refractivity contribution in [1.82, 2.24) is 0 Å². The second-order valence-corrected chi connectivity index (χ2v) is 12.2. The van der Waals surface area contributed by atoms with Gasteiger partial charge in [0, 0.05) is 6.42 Å². The number of carboxylic acid groups (broad SMARTS) is 1. The smallest absolute Gasteiger partial charge is 0.303 e. The molecule has 4 unspecified atom stereocenters. The van der Waals surface area contributed by atoms with Gasteiger partial charge in [0.2, 0.25) is 0 Å². The van der Waals surface area contributed by atoms with Crippen LogP contribution in [0.1, 0.15) is 85.5 Å². The quantitative estimate of drug-likeness (QED) is 0.520. The molecule has 0 aromatic carbocycles. The Hall–Kier alpha value is -0.650. The van der Waals surface area contributed by atoms with Crippen LogP contribution in [-0.2, 0) is 4.79 Å². The first kappa shape index (κ1) is 23.5. The average molecular weight is 437 g/mol. The van der Waals surface area contributed by atoms with Gasteiger partial charge in [-0.1, -0.05) is 34.1 Å². The summed E-state index contributed by atoms with van der Waals surface area (Å²) in [6, 6.07) is 0. The van der Waals surface area contributed by atoms with Crippen LogP contribution in [0.25, 0.3) is 0 Å². The molecule has 178 valence electrons. The summed E-state index contributed by atoms with van der Waals surface area (Å²) in [4.78, 5) is 11.1. The Labute approximate surface area is 187 Å². The van der Waals surface area contributed by atoms with Gasteiger partial charge in [0.15, 0.2) is 0 Å². The van der Waals surface area contributed by atoms with Crippen molar-refractivity contribution in [2.75, 3.05) is 0 Å². The van der Waals surface area contributed by atoms with Crippen molar-refractivity contribution >= 4 is 5.97 Å². The first-order valence-corrected chi connectivity index (χ1v) is 12.8. The maximum Gasteiger partial charge on any atom is 0.303 e. The standard InChI is InChI=1S/C26H44O5/c1-5-16-19-12-15(27)10-11-25(19,3)23-20(28)13-26(4)17(14(2)6-9-21(29)30)7-8-18(26)22(23)24(16)31/h14-20,22-24,27-28,31H,5-13H2,1-4H3,(H,29,30)/t14-,15-,16-,17-,18?,19+,20+,22?,23?,24-,25?,26-/m1/s1. The Morgan fingerprint density at radius 3 is 2.42 bits per heavy atom. The Kier molecular flexibility index (Phi) is 6.28. The molecule has 0 spiro atoms. The number of carbonyl (C=O) groups is 1. The molecule has 0 saturated heterocycles. The summed E-state index contributed by atoms with van der Waals surface area (Å²) >= 11 is 0. The SMILES string of the molecule is CC[C@H]1[C@@H](O)C2C([C@@H](O)C[C@@]3(C)C2CC[C@@H]3[C@H](C)CCC(=O)O)C2(C)CC[C@@H](O)C[C@@H]12. The number of hydrogen-bond acceptors (Lipinski definition) is 4. The fraction of sp³-hybridized carbons (Fsp3) is 0.962. The lowest BCUT2D eigenvalue weighted by Gasteiger charge is -2.66. The summed E-state index contributed by atoms with van der Waals surface area (Å²) in [5.74, 6) is 1.00. The molecule has 12 atom stereocenters. The molecular weight excluding hydrogens is 392 g/mol. The van der Waals surface area contributed by atoms with E-state index in [4.69, 9.17) is 5.11 Å². The predicted octanol–water partition coefficient (Wildman–Crippen LogP) is 4.08. The molecule has 0 aromatic rings. The molecule has 0 aliphatic heterocycles. The Morgan fingerprint density at radius 1 is 1.06 bits per heavy atom. The topological polar surface area (TPSA) is 98.0 Å². The van der Waals surface area contributed by atoms with Gasteiger partial charge in [-0.3, -0.25) is 4.79 Å². The van der Waals surface area contributed by atoms with E-state index in [1.54, 1.807) is 0 Å². The number of hydrogen-bond donors (Lipinski definition) is 4. The van der Waals surface area contributed by atoms with Crippen LogP contribution in [0.2, 0.25) is 0 Å². The minimum Gasteiger partial charge on any atom is -0.481 e.